The van der Waals surface area contributed by atoms with Gasteiger partial charge in [0.05, 0.1) is 6.54 Å². The van der Waals surface area contributed by atoms with Crippen molar-refractivity contribution in [3.8, 4) is 0 Å². The second-order valence-electron chi connectivity index (χ2n) is 4.29. The first kappa shape index (κ1) is 11.5. The van der Waals surface area contributed by atoms with Gasteiger partial charge in [0.15, 0.2) is 0 Å². The smallest absolute Gasteiger partial charge is 0.231 e. The molecule has 0 bridgehead atoms. The van der Waals surface area contributed by atoms with Crippen LogP contribution in [-0.2, 0) is 4.79 Å². The van der Waals surface area contributed by atoms with Crippen LogP contribution in [0.2, 0.25) is 0 Å². The number of amides is 1. The number of nitrogens with two attached hydrogens (primary N) is 1. The van der Waals surface area contributed by atoms with Crippen LogP contribution in [0.1, 0.15) is 32.1 Å². The van der Waals surface area contributed by atoms with Gasteiger partial charge in [-0.25, -0.2) is 0 Å². The summed E-state index contributed by atoms with van der Waals surface area (Å²) in [6, 6.07) is 0. The molecule has 0 spiro atoms. The third-order valence-corrected chi connectivity index (χ3v) is 3.05. The average molecular weight is 200 g/mol. The Kier molecular flexibility index (Phi) is 4.35. The van der Waals surface area contributed by atoms with Crippen molar-refractivity contribution >= 4 is 5.91 Å². The van der Waals surface area contributed by atoms with Gasteiger partial charge in [0.1, 0.15) is 0 Å². The number of hydrogen-bond acceptors (Lipinski definition) is 3. The number of aliphatic hydroxyl groups excluding tert-OH is 1. The third kappa shape index (κ3) is 3.27. The van der Waals surface area contributed by atoms with Crippen molar-refractivity contribution in [2.24, 2.45) is 11.1 Å². The van der Waals surface area contributed by atoms with Crippen LogP contribution in [0.15, 0.2) is 0 Å². The molecule has 82 valence electrons. The molecular weight excluding hydrogens is 180 g/mol. The highest BCUT2D eigenvalue weighted by atomic mass is 16.3. The van der Waals surface area contributed by atoms with Gasteiger partial charge in [-0.05, 0) is 12.8 Å². The number of nitrogens with one attached hydrogen (secondary N) is 1. The largest absolute Gasteiger partial charge is 0.396 e. The van der Waals surface area contributed by atoms with Crippen molar-refractivity contribution in [2.45, 2.75) is 32.1 Å². The molecule has 1 amide bonds. The van der Waals surface area contributed by atoms with E-state index in [-0.39, 0.29) is 24.5 Å². The normalized spacial score (nSPS) is 20.6. The minimum Gasteiger partial charge on any atom is -0.396 e. The van der Waals surface area contributed by atoms with Crippen molar-refractivity contribution in [1.82, 2.24) is 5.32 Å². The van der Waals surface area contributed by atoms with Crippen LogP contribution in [0.25, 0.3) is 0 Å². The van der Waals surface area contributed by atoms with E-state index in [1.807, 2.05) is 0 Å². The van der Waals surface area contributed by atoms with Gasteiger partial charge in [0.25, 0.3) is 0 Å². The minimum absolute atomic E-state index is 0.00625. The van der Waals surface area contributed by atoms with Crippen LogP contribution >= 0.6 is 0 Å². The van der Waals surface area contributed by atoms with Gasteiger partial charge >= 0.3 is 0 Å². The SMILES string of the molecule is NC(=O)CNCC1(CO)CCCCC1. The molecule has 0 radical (unpaired) electrons. The Morgan fingerprint density at radius 2 is 2.00 bits per heavy atom. The number of carbonyl (C=O) groups excluding carboxylic acids is 1. The predicted octanol–water partition coefficient (Wildman–Crippen LogP) is 0.00410. The summed E-state index contributed by atoms with van der Waals surface area (Å²) in [6.45, 7) is 1.12. The van der Waals surface area contributed by atoms with Crippen LogP contribution in [0.3, 0.4) is 0 Å². The van der Waals surface area contributed by atoms with E-state index >= 15 is 0 Å². The summed E-state index contributed by atoms with van der Waals surface area (Å²) in [5.41, 5.74) is 5.02. The first-order valence-corrected chi connectivity index (χ1v) is 5.28. The number of carbonyl (C=O) groups is 1. The molecular formula is C10H20N2O2. The van der Waals surface area contributed by atoms with Crippen LogP contribution < -0.4 is 11.1 Å². The highest BCUT2D eigenvalue weighted by Gasteiger charge is 2.30. The van der Waals surface area contributed by atoms with Crippen molar-refractivity contribution in [2.75, 3.05) is 19.7 Å². The standard InChI is InChI=1S/C10H20N2O2/c11-9(14)6-12-7-10(8-13)4-2-1-3-5-10/h12-13H,1-8H2,(H2,11,14). The molecule has 0 aliphatic heterocycles. The van der Waals surface area contributed by atoms with Crippen molar-refractivity contribution in [1.29, 1.82) is 0 Å². The first-order chi connectivity index (χ1) is 6.68. The molecule has 14 heavy (non-hydrogen) atoms. The van der Waals surface area contributed by atoms with Gasteiger partial charge in [-0.15, -0.1) is 0 Å². The molecule has 1 fully saturated rings. The summed E-state index contributed by atoms with van der Waals surface area (Å²) in [6.07, 6.45) is 5.72. The second kappa shape index (κ2) is 5.32. The topological polar surface area (TPSA) is 75.4 Å². The Labute approximate surface area is 84.9 Å². The molecule has 0 unspecified atom stereocenters. The van der Waals surface area contributed by atoms with Crippen molar-refractivity contribution in [3.63, 3.8) is 0 Å². The van der Waals surface area contributed by atoms with Crippen LogP contribution in [0.5, 0.6) is 0 Å². The lowest BCUT2D eigenvalue weighted by Crippen LogP contribution is -2.41. The summed E-state index contributed by atoms with van der Waals surface area (Å²) in [5.74, 6) is -0.339. The summed E-state index contributed by atoms with van der Waals surface area (Å²) >= 11 is 0. The maximum atomic E-state index is 10.5. The van der Waals surface area contributed by atoms with Gasteiger partial charge < -0.3 is 16.2 Å². The zero-order valence-electron chi connectivity index (χ0n) is 8.59. The van der Waals surface area contributed by atoms with E-state index in [9.17, 15) is 9.90 Å². The van der Waals surface area contributed by atoms with Gasteiger partial charge in [-0.1, -0.05) is 19.3 Å². The highest BCUT2D eigenvalue weighted by molar-refractivity contribution is 5.75. The monoisotopic (exact) mass is 200 g/mol. The number of rotatable bonds is 5. The van der Waals surface area contributed by atoms with E-state index in [2.05, 4.69) is 5.32 Å². The summed E-state index contributed by atoms with van der Waals surface area (Å²) in [4.78, 5) is 10.5. The number of hydrogen-bond donors (Lipinski definition) is 3. The zero-order valence-corrected chi connectivity index (χ0v) is 8.59. The fourth-order valence-electron chi connectivity index (χ4n) is 2.14. The maximum absolute atomic E-state index is 10.5. The lowest BCUT2D eigenvalue weighted by Gasteiger charge is -2.35. The summed E-state index contributed by atoms with van der Waals surface area (Å²) in [5, 5.41) is 12.4. The molecule has 0 atom stereocenters. The molecule has 0 saturated heterocycles. The predicted molar refractivity (Wildman–Crippen MR) is 54.7 cm³/mol. The Hall–Kier alpha value is -0.610. The molecule has 1 aliphatic carbocycles. The van der Waals surface area contributed by atoms with E-state index in [1.165, 1.54) is 19.3 Å². The molecule has 1 saturated carbocycles. The Balaban J connectivity index is 2.32. The van der Waals surface area contributed by atoms with E-state index in [0.717, 1.165) is 12.8 Å². The maximum Gasteiger partial charge on any atom is 0.231 e. The molecule has 0 aromatic heterocycles. The molecule has 4 nitrogen and oxygen atoms in total. The van der Waals surface area contributed by atoms with E-state index in [1.54, 1.807) is 0 Å². The third-order valence-electron chi connectivity index (χ3n) is 3.05. The summed E-state index contributed by atoms with van der Waals surface area (Å²) in [7, 11) is 0. The van der Waals surface area contributed by atoms with E-state index < -0.39 is 0 Å². The Bertz CT molecular complexity index is 189. The fourth-order valence-corrected chi connectivity index (χ4v) is 2.14. The van der Waals surface area contributed by atoms with Crippen molar-refractivity contribution < 1.29 is 9.90 Å². The molecule has 1 aliphatic rings. The molecule has 4 heteroatoms. The Morgan fingerprint density at radius 1 is 1.36 bits per heavy atom. The molecule has 0 aromatic rings. The second-order valence-corrected chi connectivity index (χ2v) is 4.29. The minimum atomic E-state index is -0.339. The molecule has 0 aromatic carbocycles. The van der Waals surface area contributed by atoms with E-state index in [4.69, 9.17) is 5.73 Å². The molecule has 4 N–H and O–H groups in total. The number of aliphatic hydroxyl groups is 1. The average Bonchev–Trinajstić information content (AvgIpc) is 2.19. The zero-order chi connectivity index (χ0) is 10.4. The van der Waals surface area contributed by atoms with E-state index in [0.29, 0.717) is 6.54 Å². The van der Waals surface area contributed by atoms with Crippen LogP contribution in [-0.4, -0.2) is 30.7 Å². The quantitative estimate of drug-likeness (QED) is 0.585. The van der Waals surface area contributed by atoms with Crippen LogP contribution in [0.4, 0.5) is 0 Å². The van der Waals surface area contributed by atoms with Gasteiger partial charge in [-0.2, -0.15) is 0 Å². The Morgan fingerprint density at radius 3 is 2.50 bits per heavy atom. The molecule has 1 rings (SSSR count). The van der Waals surface area contributed by atoms with Gasteiger partial charge in [0, 0.05) is 18.6 Å². The first-order valence-electron chi connectivity index (χ1n) is 5.28. The highest BCUT2D eigenvalue weighted by Crippen LogP contribution is 2.34. The fraction of sp³-hybridized carbons (Fsp3) is 0.900. The van der Waals surface area contributed by atoms with Gasteiger partial charge in [0.2, 0.25) is 5.91 Å². The summed E-state index contributed by atoms with van der Waals surface area (Å²) < 4.78 is 0. The lowest BCUT2D eigenvalue weighted by atomic mass is 9.74. The van der Waals surface area contributed by atoms with Gasteiger partial charge in [-0.3, -0.25) is 4.79 Å². The molecule has 0 heterocycles. The van der Waals surface area contributed by atoms with Crippen molar-refractivity contribution in [3.05, 3.63) is 0 Å². The van der Waals surface area contributed by atoms with Crippen LogP contribution in [0, 0.1) is 5.41 Å². The number of primary amides is 1. The lowest BCUT2D eigenvalue weighted by molar-refractivity contribution is -0.117.